The van der Waals surface area contributed by atoms with Crippen LogP contribution in [0.15, 0.2) is 0 Å². The first-order valence-electron chi connectivity index (χ1n) is 13.3. The van der Waals surface area contributed by atoms with Crippen LogP contribution in [-0.4, -0.2) is 56.7 Å². The zero-order chi connectivity index (χ0) is 26.7. The lowest BCUT2D eigenvalue weighted by Crippen LogP contribution is -2.41. The largest absolute Gasteiger partial charge is 0.508 e. The first-order chi connectivity index (χ1) is 16.6. The number of unbranched alkanes of at least 4 members (excludes halogenated alkanes) is 4. The Balaban J connectivity index is 4.31. The van der Waals surface area contributed by atoms with Crippen LogP contribution in [0.3, 0.4) is 0 Å². The summed E-state index contributed by atoms with van der Waals surface area (Å²) in [6.45, 7) is 13.7. The maximum Gasteiger partial charge on any atom is 0.508 e. The summed E-state index contributed by atoms with van der Waals surface area (Å²) < 4.78 is 27.0. The van der Waals surface area contributed by atoms with Crippen LogP contribution in [0, 0.1) is 11.3 Å². The molecule has 1 atom stereocenters. The van der Waals surface area contributed by atoms with Crippen molar-refractivity contribution in [3.8, 4) is 0 Å². The molecule has 0 amide bonds. The van der Waals surface area contributed by atoms with Crippen molar-refractivity contribution in [3.63, 3.8) is 0 Å². The highest BCUT2D eigenvalue weighted by atomic mass is 16.7. The molecule has 0 bridgehead atoms. The Kier molecular flexibility index (Phi) is 18.4. The van der Waals surface area contributed by atoms with E-state index in [1.807, 2.05) is 13.8 Å². The fourth-order valence-electron chi connectivity index (χ4n) is 3.08. The molecule has 0 heterocycles. The predicted molar refractivity (Wildman–Crippen MR) is 135 cm³/mol. The third kappa shape index (κ3) is 16.5. The number of hydrogen-bond donors (Lipinski definition) is 0. The topological polar surface area (TPSA) is 97.4 Å². The first-order valence-corrected chi connectivity index (χ1v) is 13.3. The number of hydrogen-bond acceptors (Lipinski definition) is 8. The maximum atomic E-state index is 12.7. The normalized spacial score (nSPS) is 13.1. The summed E-state index contributed by atoms with van der Waals surface area (Å²) in [6.07, 6.45) is 7.21. The van der Waals surface area contributed by atoms with Crippen LogP contribution in [0.25, 0.3) is 0 Å². The van der Waals surface area contributed by atoms with Gasteiger partial charge >= 0.3 is 18.1 Å². The minimum atomic E-state index is -1.08. The first kappa shape index (κ1) is 33.2. The number of carbonyl (C=O) groups is 3. The molecule has 0 saturated carbocycles. The monoisotopic (exact) mass is 502 g/mol. The molecule has 1 unspecified atom stereocenters. The van der Waals surface area contributed by atoms with Gasteiger partial charge in [0.2, 0.25) is 0 Å². The smallest absolute Gasteiger partial charge is 0.465 e. The summed E-state index contributed by atoms with van der Waals surface area (Å²) in [5, 5.41) is 0. The van der Waals surface area contributed by atoms with Crippen LogP contribution in [0.4, 0.5) is 4.79 Å². The van der Waals surface area contributed by atoms with Gasteiger partial charge in [-0.15, -0.1) is 0 Å². The van der Waals surface area contributed by atoms with E-state index in [4.69, 9.17) is 23.7 Å². The number of esters is 2. The third-order valence-electron chi connectivity index (χ3n) is 5.50. The summed E-state index contributed by atoms with van der Waals surface area (Å²) in [5.74, 6) is -1.10. The van der Waals surface area contributed by atoms with Gasteiger partial charge in [-0.1, -0.05) is 53.4 Å². The van der Waals surface area contributed by atoms with Gasteiger partial charge in [-0.3, -0.25) is 9.59 Å². The molecule has 35 heavy (non-hydrogen) atoms. The Labute approximate surface area is 212 Å². The van der Waals surface area contributed by atoms with E-state index in [2.05, 4.69) is 13.8 Å². The lowest BCUT2D eigenvalue weighted by atomic mass is 9.93. The van der Waals surface area contributed by atoms with Gasteiger partial charge < -0.3 is 23.7 Å². The standard InChI is InChI=1S/C27H50O8/c1-8-10-15-23(16-11-9-2)35-26(30)32-18-14-12-13-17-31-25(29)27(7,19-33-22(5)6)20-34-24(28)21(3)4/h21-23H,8-20H2,1-7H3. The molecule has 0 rings (SSSR count). The second kappa shape index (κ2) is 19.4. The van der Waals surface area contributed by atoms with Crippen molar-refractivity contribution in [2.75, 3.05) is 26.4 Å². The van der Waals surface area contributed by atoms with Gasteiger partial charge in [-0.05, 0) is 52.9 Å². The third-order valence-corrected chi connectivity index (χ3v) is 5.50. The van der Waals surface area contributed by atoms with Crippen LogP contribution in [0.2, 0.25) is 0 Å². The van der Waals surface area contributed by atoms with Crippen molar-refractivity contribution >= 4 is 18.1 Å². The molecule has 0 spiro atoms. The van der Waals surface area contributed by atoms with E-state index >= 15 is 0 Å². The molecule has 8 heteroatoms. The summed E-state index contributed by atoms with van der Waals surface area (Å²) in [7, 11) is 0. The van der Waals surface area contributed by atoms with E-state index in [-0.39, 0.29) is 50.5 Å². The molecule has 0 aromatic heterocycles. The summed E-state index contributed by atoms with van der Waals surface area (Å²) in [5.41, 5.74) is -1.08. The second-order valence-corrected chi connectivity index (χ2v) is 10.0. The van der Waals surface area contributed by atoms with Crippen molar-refractivity contribution in [1.29, 1.82) is 0 Å². The van der Waals surface area contributed by atoms with Crippen molar-refractivity contribution in [2.45, 2.75) is 118 Å². The fraction of sp³-hybridized carbons (Fsp3) is 0.889. The molecule has 0 aliphatic rings. The molecule has 0 radical (unpaired) electrons. The van der Waals surface area contributed by atoms with Crippen LogP contribution in [0.5, 0.6) is 0 Å². The van der Waals surface area contributed by atoms with Gasteiger partial charge in [0.1, 0.15) is 18.1 Å². The van der Waals surface area contributed by atoms with E-state index < -0.39 is 17.5 Å². The lowest BCUT2D eigenvalue weighted by Gasteiger charge is -2.28. The zero-order valence-electron chi connectivity index (χ0n) is 23.2. The molecular weight excluding hydrogens is 452 g/mol. The second-order valence-electron chi connectivity index (χ2n) is 10.0. The van der Waals surface area contributed by atoms with Crippen molar-refractivity contribution in [1.82, 2.24) is 0 Å². The molecule has 0 saturated heterocycles. The quantitative estimate of drug-likeness (QED) is 0.110. The van der Waals surface area contributed by atoms with Gasteiger partial charge in [-0.25, -0.2) is 4.79 Å². The number of ether oxygens (including phenoxy) is 5. The molecular formula is C27H50O8. The van der Waals surface area contributed by atoms with E-state index in [1.54, 1.807) is 20.8 Å². The average molecular weight is 503 g/mol. The molecule has 8 nitrogen and oxygen atoms in total. The van der Waals surface area contributed by atoms with E-state index in [1.165, 1.54) is 0 Å². The van der Waals surface area contributed by atoms with Crippen molar-refractivity contribution in [3.05, 3.63) is 0 Å². The lowest BCUT2D eigenvalue weighted by molar-refractivity contribution is -0.169. The molecule has 0 aromatic rings. The molecule has 0 aliphatic carbocycles. The maximum absolute atomic E-state index is 12.7. The minimum Gasteiger partial charge on any atom is -0.465 e. The van der Waals surface area contributed by atoms with Crippen LogP contribution in [-0.2, 0) is 33.3 Å². The Bertz CT molecular complexity index is 582. The average Bonchev–Trinajstić information content (AvgIpc) is 2.81. The van der Waals surface area contributed by atoms with Crippen molar-refractivity contribution < 1.29 is 38.1 Å². The number of carbonyl (C=O) groups excluding carboxylic acids is 3. The number of rotatable bonds is 20. The molecule has 206 valence electrons. The van der Waals surface area contributed by atoms with Crippen molar-refractivity contribution in [2.24, 2.45) is 11.3 Å². The zero-order valence-corrected chi connectivity index (χ0v) is 23.2. The van der Waals surface area contributed by atoms with Crippen LogP contribution in [0.1, 0.15) is 106 Å². The predicted octanol–water partition coefficient (Wildman–Crippen LogP) is 6.23. The Morgan fingerprint density at radius 3 is 1.83 bits per heavy atom. The fourth-order valence-corrected chi connectivity index (χ4v) is 3.08. The Morgan fingerprint density at radius 1 is 0.743 bits per heavy atom. The highest BCUT2D eigenvalue weighted by Crippen LogP contribution is 2.22. The summed E-state index contributed by atoms with van der Waals surface area (Å²) in [4.78, 5) is 36.5. The summed E-state index contributed by atoms with van der Waals surface area (Å²) in [6, 6.07) is 0. The van der Waals surface area contributed by atoms with Crippen LogP contribution >= 0.6 is 0 Å². The van der Waals surface area contributed by atoms with Gasteiger partial charge in [0.05, 0.1) is 31.8 Å². The van der Waals surface area contributed by atoms with E-state index in [9.17, 15) is 14.4 Å². The highest BCUT2D eigenvalue weighted by molar-refractivity contribution is 5.78. The highest BCUT2D eigenvalue weighted by Gasteiger charge is 2.37. The van der Waals surface area contributed by atoms with E-state index in [0.29, 0.717) is 12.8 Å². The SMILES string of the molecule is CCCCC(CCCC)OC(=O)OCCCCCOC(=O)C(C)(COC(=O)C(C)C)COC(C)C. The van der Waals surface area contributed by atoms with Gasteiger partial charge in [0.15, 0.2) is 0 Å². The Hall–Kier alpha value is -1.83. The Morgan fingerprint density at radius 2 is 1.31 bits per heavy atom. The molecule has 0 aromatic carbocycles. The van der Waals surface area contributed by atoms with Gasteiger partial charge in [0, 0.05) is 0 Å². The summed E-state index contributed by atoms with van der Waals surface area (Å²) >= 11 is 0. The molecule has 0 fully saturated rings. The molecule has 0 aliphatic heterocycles. The van der Waals surface area contributed by atoms with Crippen LogP contribution < -0.4 is 0 Å². The minimum absolute atomic E-state index is 0.0665. The van der Waals surface area contributed by atoms with Gasteiger partial charge in [0.25, 0.3) is 0 Å². The van der Waals surface area contributed by atoms with Gasteiger partial charge in [-0.2, -0.15) is 0 Å². The molecule has 0 N–H and O–H groups in total. The van der Waals surface area contributed by atoms with E-state index in [0.717, 1.165) is 44.9 Å².